The van der Waals surface area contributed by atoms with Crippen molar-refractivity contribution in [3.63, 3.8) is 0 Å². The molecule has 0 spiro atoms. The van der Waals surface area contributed by atoms with Gasteiger partial charge >= 0.3 is 6.09 Å². The van der Waals surface area contributed by atoms with Gasteiger partial charge in [0.15, 0.2) is 0 Å². The van der Waals surface area contributed by atoms with Crippen LogP contribution in [-0.4, -0.2) is 37.3 Å². The summed E-state index contributed by atoms with van der Waals surface area (Å²) in [5, 5.41) is 5.78. The molecule has 2 N–H and O–H groups in total. The maximum absolute atomic E-state index is 12.4. The molecule has 1 aromatic carbocycles. The van der Waals surface area contributed by atoms with Crippen LogP contribution in [-0.2, 0) is 16.0 Å². The number of hydrogen-bond acceptors (Lipinski definition) is 4. The molecule has 0 bridgehead atoms. The standard InChI is InChI=1S/C21H34N2O4/c1-20(2,3)17(14-22-19(25)27-21(4,5)6)23-18(24)12-11-15-9-8-10-16(13-15)26-7/h8-10,13,17H,11-12,14H2,1-7H3,(H,22,25)(H,23,24)/t17-/m1/s1. The molecule has 2 amide bonds. The lowest BCUT2D eigenvalue weighted by Gasteiger charge is -2.32. The third-order valence-electron chi connectivity index (χ3n) is 4.00. The van der Waals surface area contributed by atoms with Crippen LogP contribution in [0.15, 0.2) is 24.3 Å². The van der Waals surface area contributed by atoms with Gasteiger partial charge in [-0.1, -0.05) is 32.9 Å². The van der Waals surface area contributed by atoms with Crippen molar-refractivity contribution in [3.05, 3.63) is 29.8 Å². The monoisotopic (exact) mass is 378 g/mol. The summed E-state index contributed by atoms with van der Waals surface area (Å²) in [5.74, 6) is 0.728. The molecule has 0 aliphatic heterocycles. The SMILES string of the molecule is COc1cccc(CCC(=O)N[C@H](CNC(=O)OC(C)(C)C)C(C)(C)C)c1. The average Bonchev–Trinajstić information content (AvgIpc) is 2.54. The van der Waals surface area contributed by atoms with Gasteiger partial charge in [-0.3, -0.25) is 4.79 Å². The first-order valence-electron chi connectivity index (χ1n) is 9.30. The van der Waals surface area contributed by atoms with E-state index in [2.05, 4.69) is 10.6 Å². The van der Waals surface area contributed by atoms with Gasteiger partial charge in [0, 0.05) is 13.0 Å². The third-order valence-corrected chi connectivity index (χ3v) is 4.00. The van der Waals surface area contributed by atoms with Gasteiger partial charge < -0.3 is 20.1 Å². The van der Waals surface area contributed by atoms with E-state index in [1.54, 1.807) is 7.11 Å². The molecule has 6 nitrogen and oxygen atoms in total. The van der Waals surface area contributed by atoms with Crippen molar-refractivity contribution in [1.82, 2.24) is 10.6 Å². The number of nitrogens with one attached hydrogen (secondary N) is 2. The van der Waals surface area contributed by atoms with Crippen molar-refractivity contribution in [2.24, 2.45) is 5.41 Å². The van der Waals surface area contributed by atoms with Gasteiger partial charge in [-0.25, -0.2) is 4.79 Å². The van der Waals surface area contributed by atoms with E-state index in [4.69, 9.17) is 9.47 Å². The molecule has 1 aromatic rings. The first kappa shape index (κ1) is 22.8. The van der Waals surface area contributed by atoms with E-state index in [1.165, 1.54) is 0 Å². The Hall–Kier alpha value is -2.24. The van der Waals surface area contributed by atoms with Gasteiger partial charge in [-0.15, -0.1) is 0 Å². The van der Waals surface area contributed by atoms with Crippen molar-refractivity contribution >= 4 is 12.0 Å². The molecule has 6 heteroatoms. The van der Waals surface area contributed by atoms with Crippen LogP contribution in [0.5, 0.6) is 5.75 Å². The normalized spacial score (nSPS) is 12.9. The van der Waals surface area contributed by atoms with E-state index in [0.717, 1.165) is 11.3 Å². The smallest absolute Gasteiger partial charge is 0.407 e. The Balaban J connectivity index is 2.57. The Morgan fingerprint density at radius 3 is 2.33 bits per heavy atom. The zero-order valence-electron chi connectivity index (χ0n) is 17.6. The van der Waals surface area contributed by atoms with E-state index in [-0.39, 0.29) is 17.4 Å². The number of carbonyl (C=O) groups excluding carboxylic acids is 2. The van der Waals surface area contributed by atoms with Crippen LogP contribution in [0.3, 0.4) is 0 Å². The summed E-state index contributed by atoms with van der Waals surface area (Å²) >= 11 is 0. The van der Waals surface area contributed by atoms with Crippen LogP contribution >= 0.6 is 0 Å². The predicted octanol–water partition coefficient (Wildman–Crippen LogP) is 3.68. The number of aryl methyl sites for hydroxylation is 1. The van der Waals surface area contributed by atoms with Gasteiger partial charge in [-0.2, -0.15) is 0 Å². The molecule has 0 aromatic heterocycles. The fraction of sp³-hybridized carbons (Fsp3) is 0.619. The number of amides is 2. The number of methoxy groups -OCH3 is 1. The van der Waals surface area contributed by atoms with E-state index in [0.29, 0.717) is 19.4 Å². The molecular weight excluding hydrogens is 344 g/mol. The number of carbonyl (C=O) groups is 2. The lowest BCUT2D eigenvalue weighted by atomic mass is 9.86. The Bertz CT molecular complexity index is 630. The highest BCUT2D eigenvalue weighted by Gasteiger charge is 2.27. The Kier molecular flexibility index (Phi) is 8.13. The zero-order chi connectivity index (χ0) is 20.7. The highest BCUT2D eigenvalue weighted by atomic mass is 16.6. The summed E-state index contributed by atoms with van der Waals surface area (Å²) in [6.45, 7) is 11.8. The molecule has 0 heterocycles. The van der Waals surface area contributed by atoms with Crippen LogP contribution in [0, 0.1) is 5.41 Å². The van der Waals surface area contributed by atoms with Crippen LogP contribution < -0.4 is 15.4 Å². The summed E-state index contributed by atoms with van der Waals surface area (Å²) in [7, 11) is 1.62. The second-order valence-corrected chi connectivity index (χ2v) is 8.72. The first-order valence-corrected chi connectivity index (χ1v) is 9.30. The fourth-order valence-electron chi connectivity index (χ4n) is 2.43. The van der Waals surface area contributed by atoms with Gasteiger partial charge in [0.2, 0.25) is 5.91 Å². The Morgan fingerprint density at radius 2 is 1.78 bits per heavy atom. The molecule has 0 aliphatic carbocycles. The predicted molar refractivity (Wildman–Crippen MR) is 107 cm³/mol. The lowest BCUT2D eigenvalue weighted by Crippen LogP contribution is -2.51. The topological polar surface area (TPSA) is 76.7 Å². The summed E-state index contributed by atoms with van der Waals surface area (Å²) in [6.07, 6.45) is 0.508. The van der Waals surface area contributed by atoms with Gasteiger partial charge in [0.25, 0.3) is 0 Å². The van der Waals surface area contributed by atoms with Crippen molar-refractivity contribution in [3.8, 4) is 5.75 Å². The summed E-state index contributed by atoms with van der Waals surface area (Å²) < 4.78 is 10.5. The van der Waals surface area contributed by atoms with E-state index < -0.39 is 11.7 Å². The van der Waals surface area contributed by atoms with Crippen LogP contribution in [0.4, 0.5) is 4.79 Å². The van der Waals surface area contributed by atoms with Crippen molar-refractivity contribution < 1.29 is 19.1 Å². The minimum Gasteiger partial charge on any atom is -0.497 e. The number of hydrogen-bond donors (Lipinski definition) is 2. The molecule has 0 unspecified atom stereocenters. The maximum Gasteiger partial charge on any atom is 0.407 e. The third kappa shape index (κ3) is 9.31. The molecule has 152 valence electrons. The van der Waals surface area contributed by atoms with E-state index in [9.17, 15) is 9.59 Å². The largest absolute Gasteiger partial charge is 0.497 e. The second kappa shape index (κ2) is 9.62. The molecule has 0 aliphatic rings. The fourth-order valence-corrected chi connectivity index (χ4v) is 2.43. The quantitative estimate of drug-likeness (QED) is 0.759. The second-order valence-electron chi connectivity index (χ2n) is 8.72. The average molecular weight is 379 g/mol. The lowest BCUT2D eigenvalue weighted by molar-refractivity contribution is -0.122. The molecule has 0 saturated carbocycles. The van der Waals surface area contributed by atoms with Crippen LogP contribution in [0.2, 0.25) is 0 Å². The van der Waals surface area contributed by atoms with Crippen molar-refractivity contribution in [1.29, 1.82) is 0 Å². The van der Waals surface area contributed by atoms with Gasteiger partial charge in [0.05, 0.1) is 13.2 Å². The molecule has 27 heavy (non-hydrogen) atoms. The molecule has 0 saturated heterocycles. The highest BCUT2D eigenvalue weighted by Crippen LogP contribution is 2.19. The summed E-state index contributed by atoms with van der Waals surface area (Å²) in [4.78, 5) is 24.3. The van der Waals surface area contributed by atoms with E-state index >= 15 is 0 Å². The number of alkyl carbamates (subject to hydrolysis) is 1. The van der Waals surface area contributed by atoms with Gasteiger partial charge in [0.1, 0.15) is 11.4 Å². The highest BCUT2D eigenvalue weighted by molar-refractivity contribution is 5.76. The summed E-state index contributed by atoms with van der Waals surface area (Å²) in [5.41, 5.74) is 0.283. The minimum atomic E-state index is -0.554. The molecular formula is C21H34N2O4. The summed E-state index contributed by atoms with van der Waals surface area (Å²) in [6, 6.07) is 7.48. The Morgan fingerprint density at radius 1 is 1.11 bits per heavy atom. The first-order chi connectivity index (χ1) is 12.4. The van der Waals surface area contributed by atoms with Crippen LogP contribution in [0.25, 0.3) is 0 Å². The molecule has 0 radical (unpaired) electrons. The molecule has 1 atom stereocenters. The van der Waals surface area contributed by atoms with Crippen molar-refractivity contribution in [2.75, 3.05) is 13.7 Å². The number of benzene rings is 1. The maximum atomic E-state index is 12.4. The van der Waals surface area contributed by atoms with Crippen molar-refractivity contribution in [2.45, 2.75) is 66.0 Å². The van der Waals surface area contributed by atoms with E-state index in [1.807, 2.05) is 65.8 Å². The number of rotatable bonds is 7. The number of ether oxygens (including phenoxy) is 2. The van der Waals surface area contributed by atoms with Crippen LogP contribution in [0.1, 0.15) is 53.5 Å². The Labute approximate surface area is 163 Å². The molecule has 1 rings (SSSR count). The minimum absolute atomic E-state index is 0.0521. The molecule has 0 fully saturated rings. The van der Waals surface area contributed by atoms with Gasteiger partial charge in [-0.05, 0) is 50.3 Å². The zero-order valence-corrected chi connectivity index (χ0v) is 17.6.